The van der Waals surface area contributed by atoms with Crippen molar-refractivity contribution in [3.05, 3.63) is 89.5 Å². The molecule has 2 aromatic carbocycles. The number of amides is 1. The van der Waals surface area contributed by atoms with Gasteiger partial charge in [0.15, 0.2) is 5.78 Å². The fraction of sp³-hybridized carbons (Fsp3) is 0.367. The Labute approximate surface area is 209 Å². The van der Waals surface area contributed by atoms with Crippen molar-refractivity contribution in [2.75, 3.05) is 20.7 Å². The first kappa shape index (κ1) is 26.1. The van der Waals surface area contributed by atoms with E-state index < -0.39 is 0 Å². The molecule has 0 aliphatic carbocycles. The number of allylic oxidation sites excluding steroid dienone is 2. The summed E-state index contributed by atoms with van der Waals surface area (Å²) >= 11 is 0. The topological polar surface area (TPSA) is 59.0 Å². The lowest BCUT2D eigenvalue weighted by atomic mass is 9.84. The van der Waals surface area contributed by atoms with Crippen LogP contribution in [0.5, 0.6) is 5.75 Å². The summed E-state index contributed by atoms with van der Waals surface area (Å²) in [6.07, 6.45) is 6.14. The largest absolute Gasteiger partial charge is 0.497 e. The number of hydrogen-bond acceptors (Lipinski definition) is 4. The Morgan fingerprint density at radius 1 is 1.14 bits per heavy atom. The van der Waals surface area contributed by atoms with Crippen molar-refractivity contribution in [3.8, 4) is 5.75 Å². The molecule has 3 rings (SSSR count). The first-order chi connectivity index (χ1) is 16.7. The predicted octanol–water partition coefficient (Wildman–Crippen LogP) is 5.51. The number of likely N-dealkylation sites (tertiary alicyclic amines) is 1. The van der Waals surface area contributed by atoms with Crippen LogP contribution in [0.1, 0.15) is 49.9 Å². The molecule has 5 nitrogen and oxygen atoms in total. The fourth-order valence-electron chi connectivity index (χ4n) is 4.60. The molecule has 1 fully saturated rings. The summed E-state index contributed by atoms with van der Waals surface area (Å²) in [7, 11) is 3.27. The van der Waals surface area contributed by atoms with Crippen LogP contribution in [-0.2, 0) is 21.4 Å². The highest BCUT2D eigenvalue weighted by Gasteiger charge is 2.44. The van der Waals surface area contributed by atoms with E-state index in [-0.39, 0.29) is 35.6 Å². The van der Waals surface area contributed by atoms with Crippen molar-refractivity contribution >= 4 is 17.9 Å². The van der Waals surface area contributed by atoms with Gasteiger partial charge in [0, 0.05) is 19.2 Å². The van der Waals surface area contributed by atoms with Crippen LogP contribution in [-0.4, -0.2) is 43.5 Å². The van der Waals surface area contributed by atoms with Gasteiger partial charge in [-0.05, 0) is 53.2 Å². The van der Waals surface area contributed by atoms with Gasteiger partial charge in [-0.25, -0.2) is 0 Å². The number of ketones is 1. The van der Waals surface area contributed by atoms with Gasteiger partial charge in [-0.15, -0.1) is 0 Å². The van der Waals surface area contributed by atoms with E-state index in [0.29, 0.717) is 12.0 Å². The van der Waals surface area contributed by atoms with Crippen molar-refractivity contribution in [2.24, 2.45) is 10.9 Å². The zero-order chi connectivity index (χ0) is 25.6. The van der Waals surface area contributed by atoms with Gasteiger partial charge in [0.2, 0.25) is 0 Å². The number of aryl methyl sites for hydroxylation is 1. The molecule has 0 bridgehead atoms. The number of methoxy groups -OCH3 is 1. The lowest BCUT2D eigenvalue weighted by Crippen LogP contribution is -2.34. The van der Waals surface area contributed by atoms with Gasteiger partial charge >= 0.3 is 0 Å². The normalized spacial score (nSPS) is 18.8. The SMILES string of the molecule is C=C/C=C(\C=NC)C(=O)N1CC(=O)C(CCc2ccc(OC)cc2)C1c1ccc(C(C)(C)C)cc1. The summed E-state index contributed by atoms with van der Waals surface area (Å²) in [5.74, 6) is 0.396. The molecule has 1 aliphatic rings. The maximum Gasteiger partial charge on any atom is 0.256 e. The van der Waals surface area contributed by atoms with Gasteiger partial charge in [0.25, 0.3) is 5.91 Å². The monoisotopic (exact) mass is 472 g/mol. The fourth-order valence-corrected chi connectivity index (χ4v) is 4.60. The van der Waals surface area contributed by atoms with Crippen LogP contribution in [0.4, 0.5) is 0 Å². The van der Waals surface area contributed by atoms with Crippen molar-refractivity contribution in [1.29, 1.82) is 0 Å². The molecule has 5 heteroatoms. The summed E-state index contributed by atoms with van der Waals surface area (Å²) in [6, 6.07) is 15.9. The molecule has 2 aromatic rings. The molecule has 35 heavy (non-hydrogen) atoms. The number of nitrogens with zero attached hydrogens (tertiary/aromatic N) is 2. The van der Waals surface area contributed by atoms with Gasteiger partial charge in [-0.3, -0.25) is 14.6 Å². The summed E-state index contributed by atoms with van der Waals surface area (Å²) in [5.41, 5.74) is 3.76. The molecule has 0 N–H and O–H groups in total. The second kappa shape index (κ2) is 11.3. The van der Waals surface area contributed by atoms with Crippen molar-refractivity contribution in [1.82, 2.24) is 4.90 Å². The first-order valence-corrected chi connectivity index (χ1v) is 12.0. The Bertz CT molecular complexity index is 1110. The Morgan fingerprint density at radius 2 is 1.80 bits per heavy atom. The second-order valence-electron chi connectivity index (χ2n) is 9.95. The number of hydrogen-bond donors (Lipinski definition) is 0. The molecular formula is C30H36N2O3. The number of benzene rings is 2. The number of ether oxygens (including phenoxy) is 1. The molecule has 1 amide bonds. The van der Waals surface area contributed by atoms with Gasteiger partial charge in [-0.2, -0.15) is 0 Å². The molecule has 0 aromatic heterocycles. The molecule has 1 saturated heterocycles. The van der Waals surface area contributed by atoms with E-state index in [4.69, 9.17) is 4.74 Å². The summed E-state index contributed by atoms with van der Waals surface area (Å²) in [6.45, 7) is 10.3. The van der Waals surface area contributed by atoms with Crippen LogP contribution in [0.2, 0.25) is 0 Å². The van der Waals surface area contributed by atoms with E-state index in [1.54, 1.807) is 31.2 Å². The molecule has 2 unspecified atom stereocenters. The highest BCUT2D eigenvalue weighted by molar-refractivity contribution is 6.13. The van der Waals surface area contributed by atoms with Gasteiger partial charge in [0.05, 0.1) is 25.3 Å². The van der Waals surface area contributed by atoms with E-state index in [9.17, 15) is 9.59 Å². The third-order valence-electron chi connectivity index (χ3n) is 6.55. The zero-order valence-corrected chi connectivity index (χ0v) is 21.5. The maximum atomic E-state index is 13.5. The number of rotatable bonds is 8. The van der Waals surface area contributed by atoms with Crippen LogP contribution in [0.15, 0.2) is 77.8 Å². The maximum absolute atomic E-state index is 13.5. The van der Waals surface area contributed by atoms with Crippen LogP contribution in [0.3, 0.4) is 0 Å². The summed E-state index contributed by atoms with van der Waals surface area (Å²) in [4.78, 5) is 32.5. The second-order valence-corrected chi connectivity index (χ2v) is 9.95. The van der Waals surface area contributed by atoms with E-state index >= 15 is 0 Å². The number of carbonyl (C=O) groups excluding carboxylic acids is 2. The third-order valence-corrected chi connectivity index (χ3v) is 6.55. The number of Topliss-reactive ketones (excluding diaryl/α,β-unsaturated/α-hetero) is 1. The van der Waals surface area contributed by atoms with E-state index in [1.165, 1.54) is 11.8 Å². The summed E-state index contributed by atoms with van der Waals surface area (Å²) in [5, 5.41) is 0. The lowest BCUT2D eigenvalue weighted by Gasteiger charge is -2.29. The van der Waals surface area contributed by atoms with Crippen molar-refractivity contribution < 1.29 is 14.3 Å². The van der Waals surface area contributed by atoms with Crippen LogP contribution >= 0.6 is 0 Å². The van der Waals surface area contributed by atoms with Crippen LogP contribution in [0.25, 0.3) is 0 Å². The smallest absolute Gasteiger partial charge is 0.256 e. The van der Waals surface area contributed by atoms with Gasteiger partial charge in [0.1, 0.15) is 5.75 Å². The standard InChI is InChI=1S/C30H36N2O3/c1-7-8-23(19-31-5)29(34)32-20-27(33)26(18-11-21-9-16-25(35-6)17-10-21)28(32)22-12-14-24(15-13-22)30(2,3)4/h7-10,12-17,19,26,28H,1,11,18,20H2,2-6H3/b23-8+,31-19?. The highest BCUT2D eigenvalue weighted by atomic mass is 16.5. The molecule has 0 saturated carbocycles. The Kier molecular flexibility index (Phi) is 8.44. The Balaban J connectivity index is 1.95. The lowest BCUT2D eigenvalue weighted by molar-refractivity contribution is -0.129. The van der Waals surface area contributed by atoms with E-state index in [0.717, 1.165) is 23.3 Å². The molecule has 1 aliphatic heterocycles. The average Bonchev–Trinajstić information content (AvgIpc) is 3.18. The van der Waals surface area contributed by atoms with Crippen molar-refractivity contribution in [2.45, 2.75) is 45.1 Å². The molecule has 0 spiro atoms. The Hall–Kier alpha value is -3.47. The summed E-state index contributed by atoms with van der Waals surface area (Å²) < 4.78 is 5.25. The molecule has 2 atom stereocenters. The highest BCUT2D eigenvalue weighted by Crippen LogP contribution is 2.39. The zero-order valence-electron chi connectivity index (χ0n) is 21.5. The first-order valence-electron chi connectivity index (χ1n) is 12.0. The van der Waals surface area contributed by atoms with Crippen LogP contribution < -0.4 is 4.74 Å². The third kappa shape index (κ3) is 6.16. The number of carbonyl (C=O) groups is 2. The molecule has 184 valence electrons. The molecule has 0 radical (unpaired) electrons. The van der Waals surface area contributed by atoms with Crippen LogP contribution in [0, 0.1) is 5.92 Å². The van der Waals surface area contributed by atoms with E-state index in [1.807, 2.05) is 24.3 Å². The Morgan fingerprint density at radius 3 is 2.34 bits per heavy atom. The predicted molar refractivity (Wildman–Crippen MR) is 142 cm³/mol. The molecular weight excluding hydrogens is 436 g/mol. The van der Waals surface area contributed by atoms with Gasteiger partial charge in [-0.1, -0.05) is 69.8 Å². The van der Waals surface area contributed by atoms with E-state index in [2.05, 4.69) is 56.6 Å². The molecule has 1 heterocycles. The van der Waals surface area contributed by atoms with Gasteiger partial charge < -0.3 is 9.64 Å². The minimum absolute atomic E-state index is 0.0186. The minimum Gasteiger partial charge on any atom is -0.497 e. The van der Waals surface area contributed by atoms with Crippen molar-refractivity contribution in [3.63, 3.8) is 0 Å². The average molecular weight is 473 g/mol. The minimum atomic E-state index is -0.333. The quantitative estimate of drug-likeness (QED) is 0.289. The number of aliphatic imine (C=N–C) groups is 1.